The second-order valence-corrected chi connectivity index (χ2v) is 36.2. The minimum atomic E-state index is -0.473. The number of rotatable bonds is 8. The van der Waals surface area contributed by atoms with Crippen molar-refractivity contribution in [2.75, 3.05) is 0 Å². The molecule has 0 spiro atoms. The molecule has 0 radical (unpaired) electrons. The van der Waals surface area contributed by atoms with E-state index >= 15 is 0 Å². The molecule has 2 aliphatic heterocycles. The fourth-order valence-corrected chi connectivity index (χ4v) is 14.0. The fourth-order valence-electron chi connectivity index (χ4n) is 14.0. The number of phenolic OH excluding ortho intramolecular Hbond substituents is 4. The summed E-state index contributed by atoms with van der Waals surface area (Å²) >= 11 is 0. The molecule has 0 atom stereocenters. The molecule has 0 saturated heterocycles. The monoisotopic (exact) mass is 1390 g/mol. The summed E-state index contributed by atoms with van der Waals surface area (Å²) in [6, 6.07) is 38.2. The van der Waals surface area contributed by atoms with Gasteiger partial charge >= 0.3 is 0 Å². The molecule has 13 rings (SSSR count). The van der Waals surface area contributed by atoms with Crippen LogP contribution < -0.4 is 18.9 Å². The Morgan fingerprint density at radius 1 is 0.250 bits per heavy atom. The first-order valence-corrected chi connectivity index (χ1v) is 35.8. The Hall–Kier alpha value is -10.5. The molecule has 3 aromatic heterocycles. The summed E-state index contributed by atoms with van der Waals surface area (Å²) in [6.45, 7) is 49.9. The molecule has 5 heterocycles. The number of ether oxygens (including phenoxy) is 4. The topological polar surface area (TPSA) is 227 Å². The molecule has 0 fully saturated rings. The zero-order valence-corrected chi connectivity index (χ0v) is 64.7. The second kappa shape index (κ2) is 24.6. The summed E-state index contributed by atoms with van der Waals surface area (Å²) in [5.74, 6) is 5.84. The average molecular weight is 1400 g/mol. The third-order valence-electron chi connectivity index (χ3n) is 19.5. The van der Waals surface area contributed by atoms with E-state index in [0.29, 0.717) is 135 Å². The van der Waals surface area contributed by atoms with Crippen molar-refractivity contribution in [3.8, 4) is 115 Å². The van der Waals surface area contributed by atoms with Crippen molar-refractivity contribution >= 4 is 44.1 Å². The van der Waals surface area contributed by atoms with Crippen LogP contribution in [-0.4, -0.2) is 60.3 Å². The number of nitrogens with zero attached hydrogens (tertiary/aromatic N) is 6. The van der Waals surface area contributed by atoms with Crippen molar-refractivity contribution in [1.29, 1.82) is 0 Å². The van der Waals surface area contributed by atoms with Crippen LogP contribution in [0.4, 0.5) is 0 Å². The molecule has 538 valence electrons. The van der Waals surface area contributed by atoms with Gasteiger partial charge in [-0.3, -0.25) is 0 Å². The van der Waals surface area contributed by atoms with Crippen LogP contribution >= 0.6 is 0 Å². The van der Waals surface area contributed by atoms with Gasteiger partial charge in [0.25, 0.3) is 0 Å². The number of aromatic hydroxyl groups is 4. The quantitative estimate of drug-likeness (QED) is 0.0832. The van der Waals surface area contributed by atoms with E-state index in [1.807, 2.05) is 121 Å². The average Bonchev–Trinajstić information content (AvgIpc) is 1.55. The van der Waals surface area contributed by atoms with Crippen molar-refractivity contribution < 1.29 is 39.4 Å². The lowest BCUT2D eigenvalue weighted by molar-refractivity contribution is 0.424. The van der Waals surface area contributed by atoms with E-state index in [-0.39, 0.29) is 34.6 Å². The highest BCUT2D eigenvalue weighted by molar-refractivity contribution is 6.10. The Morgan fingerprint density at radius 3 is 0.760 bits per heavy atom. The largest absolute Gasteiger partial charge is 0.508 e. The van der Waals surface area contributed by atoms with E-state index < -0.39 is 43.3 Å². The maximum atomic E-state index is 11.7. The summed E-state index contributed by atoms with van der Waals surface area (Å²) in [5, 5.41) is 49.2. The second-order valence-electron chi connectivity index (χ2n) is 36.2. The van der Waals surface area contributed by atoms with Gasteiger partial charge in [-0.25, -0.2) is 29.9 Å². The zero-order chi connectivity index (χ0) is 75.4. The molecule has 104 heavy (non-hydrogen) atoms. The van der Waals surface area contributed by atoms with Crippen LogP contribution in [0.25, 0.3) is 89.7 Å². The maximum Gasteiger partial charge on any atom is 0.168 e. The van der Waals surface area contributed by atoms with Crippen molar-refractivity contribution in [2.45, 2.75) is 209 Å². The van der Waals surface area contributed by atoms with Gasteiger partial charge in [-0.15, -0.1) is 0 Å². The Bertz CT molecular complexity index is 5190. The van der Waals surface area contributed by atoms with E-state index in [9.17, 15) is 20.4 Å². The van der Waals surface area contributed by atoms with Gasteiger partial charge in [0.05, 0.1) is 21.9 Å². The van der Waals surface area contributed by atoms with Crippen molar-refractivity contribution in [2.24, 2.45) is 0 Å². The third-order valence-corrected chi connectivity index (χ3v) is 19.5. The van der Waals surface area contributed by atoms with Crippen molar-refractivity contribution in [3.63, 3.8) is 0 Å². The Morgan fingerprint density at radius 2 is 0.490 bits per heavy atom. The highest BCUT2D eigenvalue weighted by atomic mass is 16.5. The lowest BCUT2D eigenvalue weighted by Gasteiger charge is -2.28. The Labute approximate surface area is 610 Å². The molecule has 8 bridgehead atoms. The molecule has 8 aromatic carbocycles. The number of hydrogen-bond donors (Lipinski definition) is 6. The van der Waals surface area contributed by atoms with Crippen LogP contribution in [-0.2, 0) is 43.3 Å². The molecule has 0 amide bonds. The van der Waals surface area contributed by atoms with Gasteiger partial charge in [0.1, 0.15) is 91.6 Å². The van der Waals surface area contributed by atoms with Gasteiger partial charge in [0, 0.05) is 66.4 Å². The normalized spacial score (nSPS) is 13.2. The molecule has 0 aliphatic carbocycles. The van der Waals surface area contributed by atoms with Gasteiger partial charge in [-0.1, -0.05) is 215 Å². The Kier molecular flexibility index (Phi) is 17.0. The number of aromatic nitrogens is 8. The number of aromatic amines is 2. The zero-order valence-electron chi connectivity index (χ0n) is 64.7. The molecule has 0 unspecified atom stereocenters. The first kappa shape index (κ1) is 71.9. The summed E-state index contributed by atoms with van der Waals surface area (Å²) in [7, 11) is 0. The summed E-state index contributed by atoms with van der Waals surface area (Å²) in [6.07, 6.45) is 0. The summed E-state index contributed by atoms with van der Waals surface area (Å²) in [5.41, 5.74) is 6.12. The molecule has 11 aromatic rings. The van der Waals surface area contributed by atoms with Gasteiger partial charge in [0.2, 0.25) is 0 Å². The number of fused-ring (bicyclic) bond motifs is 20. The van der Waals surface area contributed by atoms with E-state index in [1.54, 1.807) is 0 Å². The van der Waals surface area contributed by atoms with E-state index in [0.717, 1.165) is 33.4 Å². The van der Waals surface area contributed by atoms with E-state index in [1.165, 1.54) is 0 Å². The van der Waals surface area contributed by atoms with Crippen LogP contribution in [0.1, 0.15) is 211 Å². The lowest BCUT2D eigenvalue weighted by atomic mass is 9.81. The summed E-state index contributed by atoms with van der Waals surface area (Å²) in [4.78, 5) is 40.6. The minimum Gasteiger partial charge on any atom is -0.508 e. The Balaban J connectivity index is 1.17. The van der Waals surface area contributed by atoms with Gasteiger partial charge in [0.15, 0.2) is 23.3 Å². The lowest BCUT2D eigenvalue weighted by Crippen LogP contribution is -2.16. The van der Waals surface area contributed by atoms with Crippen LogP contribution in [0.2, 0.25) is 0 Å². The highest BCUT2D eigenvalue weighted by Crippen LogP contribution is 2.52. The summed E-state index contributed by atoms with van der Waals surface area (Å²) < 4.78 is 29.2. The first-order chi connectivity index (χ1) is 48.2. The standard InChI is InChI=1S/C88H98N8O8/c1-81(2,3)49-41-65(53(37-57(49)97)85(13,14)15)101-61-33-25-29-45-69(61)77-89-73(45)94-78-71-47(31-27-35-63(71)103-67-43-51(83(7,8)9)59(99)39-55(67)87(19,20)21)75(91-78)96-80-72-48(32-28-36-64(72)104-68-44-52(84(10,11)12)60(100)40-56(68)88(22,23)24)76(92-80)95-79-70-46(74(90-79)93-77)30-26-34-62(70)102-66-42-50(82(4,5)6)58(98)38-54(66)86(16,17)18/h25-44,97-100H,1-24H3,(H2,89,90,91,92,93,94,95,96). The number of benzene rings is 8. The first-order valence-electron chi connectivity index (χ1n) is 35.8. The molecular formula is C88H98N8O8. The van der Waals surface area contributed by atoms with E-state index in [4.69, 9.17) is 48.9 Å². The van der Waals surface area contributed by atoms with Crippen LogP contribution in [0.3, 0.4) is 0 Å². The smallest absolute Gasteiger partial charge is 0.168 e. The van der Waals surface area contributed by atoms with Gasteiger partial charge in [-0.2, -0.15) is 0 Å². The number of phenols is 4. The molecule has 6 N–H and O–H groups in total. The molecule has 0 saturated carbocycles. The van der Waals surface area contributed by atoms with Crippen LogP contribution in [0.15, 0.2) is 121 Å². The minimum absolute atomic E-state index is 0.178. The maximum absolute atomic E-state index is 11.7. The number of hydrogen-bond acceptors (Lipinski definition) is 14. The predicted octanol–water partition coefficient (Wildman–Crippen LogP) is 23.2. The fraction of sp³-hybridized carbons (Fsp3) is 0.364. The van der Waals surface area contributed by atoms with Crippen LogP contribution in [0, 0.1) is 0 Å². The predicted molar refractivity (Wildman–Crippen MR) is 418 cm³/mol. The van der Waals surface area contributed by atoms with Crippen LogP contribution in [0.5, 0.6) is 69.0 Å². The molecule has 16 nitrogen and oxygen atoms in total. The highest BCUT2D eigenvalue weighted by Gasteiger charge is 2.35. The van der Waals surface area contributed by atoms with Crippen molar-refractivity contribution in [3.05, 3.63) is 166 Å². The van der Waals surface area contributed by atoms with E-state index in [2.05, 4.69) is 176 Å². The van der Waals surface area contributed by atoms with Gasteiger partial charge < -0.3 is 49.3 Å². The number of nitrogens with one attached hydrogen (secondary N) is 2. The SMILES string of the molecule is CC(C)(C)c1cc(Oc2cccc3c2-c2nc-3nc3[nH]c(nc4nc(nc5[nH]c(n2)c2cccc(Oc6cc(C(C)(C)C)c(O)cc6C(C)(C)C)c52)-c2cccc(Oc5cc(C(C)(C)C)c(O)cc5C(C)(C)C)c2-4)c2cccc(Oc4cc(C(C)(C)C)c(O)cc4C(C)(C)C)c32)c(C(C)(C)C)cc1O. The third kappa shape index (κ3) is 13.3. The molecule has 2 aliphatic rings. The van der Waals surface area contributed by atoms with Crippen molar-refractivity contribution in [1.82, 2.24) is 39.9 Å². The van der Waals surface area contributed by atoms with Gasteiger partial charge in [-0.05, 0) is 116 Å². The molecular weight excluding hydrogens is 1300 g/mol. The number of H-pyrrole nitrogens is 2. The molecule has 16 heteroatoms.